The van der Waals surface area contributed by atoms with E-state index in [1.54, 1.807) is 6.08 Å². The van der Waals surface area contributed by atoms with Crippen LogP contribution in [0.4, 0.5) is 0 Å². The Balaban J connectivity index is 2.84. The van der Waals surface area contributed by atoms with Crippen LogP contribution in [0.2, 0.25) is 0 Å². The largest absolute Gasteiger partial charge is 0.480 e. The van der Waals surface area contributed by atoms with Gasteiger partial charge in [-0.05, 0) is 19.4 Å². The van der Waals surface area contributed by atoms with E-state index < -0.39 is 11.4 Å². The fraction of sp³-hybridized carbons (Fsp3) is 0.692. The van der Waals surface area contributed by atoms with Crippen molar-refractivity contribution in [2.75, 3.05) is 26.2 Å². The molecule has 1 rings (SSSR count). The molecule has 5 nitrogen and oxygen atoms in total. The van der Waals surface area contributed by atoms with E-state index in [-0.39, 0.29) is 19.0 Å². The predicted octanol–water partition coefficient (Wildman–Crippen LogP) is 0.865. The van der Waals surface area contributed by atoms with Gasteiger partial charge in [0, 0.05) is 13.1 Å². The van der Waals surface area contributed by atoms with Crippen LogP contribution in [-0.2, 0) is 9.59 Å². The number of carbonyl (C=O) groups excluding carboxylic acids is 1. The number of nitrogens with one attached hydrogen (secondary N) is 1. The molecule has 2 N–H and O–H groups in total. The molecule has 0 bridgehead atoms. The molecule has 0 aliphatic carbocycles. The molecule has 0 saturated carbocycles. The first-order valence-electron chi connectivity index (χ1n) is 6.38. The Bertz CT molecular complexity index is 322. The Morgan fingerprint density at radius 3 is 2.72 bits per heavy atom. The lowest BCUT2D eigenvalue weighted by Gasteiger charge is -2.32. The summed E-state index contributed by atoms with van der Waals surface area (Å²) in [7, 11) is 0. The molecule has 0 aromatic heterocycles. The normalized spacial score (nSPS) is 22.7. The van der Waals surface area contributed by atoms with Crippen molar-refractivity contribution in [3.8, 4) is 0 Å². The smallest absolute Gasteiger partial charge is 0.323 e. The minimum atomic E-state index is -0.984. The van der Waals surface area contributed by atoms with E-state index in [1.807, 2.05) is 6.92 Å². The zero-order valence-corrected chi connectivity index (χ0v) is 10.9. The number of carbonyl (C=O) groups is 2. The van der Waals surface area contributed by atoms with Crippen LogP contribution in [0.1, 0.15) is 26.2 Å². The van der Waals surface area contributed by atoms with Gasteiger partial charge >= 0.3 is 5.97 Å². The first-order chi connectivity index (χ1) is 8.55. The summed E-state index contributed by atoms with van der Waals surface area (Å²) >= 11 is 0. The third-order valence-electron chi connectivity index (χ3n) is 3.39. The Labute approximate surface area is 108 Å². The van der Waals surface area contributed by atoms with Crippen LogP contribution in [0.15, 0.2) is 12.7 Å². The number of hydrogen-bond acceptors (Lipinski definition) is 3. The van der Waals surface area contributed by atoms with Crippen LogP contribution in [0, 0.1) is 5.41 Å². The summed E-state index contributed by atoms with van der Waals surface area (Å²) in [5.41, 5.74) is -0.423. The highest BCUT2D eigenvalue weighted by Gasteiger charge is 2.42. The van der Waals surface area contributed by atoms with Crippen molar-refractivity contribution < 1.29 is 14.7 Å². The zero-order chi connectivity index (χ0) is 13.6. The second kappa shape index (κ2) is 6.54. The molecule has 102 valence electrons. The number of amides is 1. The molecule has 1 heterocycles. The van der Waals surface area contributed by atoms with E-state index in [2.05, 4.69) is 11.9 Å². The molecule has 1 aliphatic rings. The van der Waals surface area contributed by atoms with Crippen molar-refractivity contribution in [2.45, 2.75) is 26.2 Å². The van der Waals surface area contributed by atoms with Crippen molar-refractivity contribution in [2.24, 2.45) is 5.41 Å². The van der Waals surface area contributed by atoms with E-state index in [0.717, 1.165) is 25.8 Å². The summed E-state index contributed by atoms with van der Waals surface area (Å²) < 4.78 is 0. The van der Waals surface area contributed by atoms with E-state index in [1.165, 1.54) is 4.90 Å². The molecule has 1 unspecified atom stereocenters. The fourth-order valence-corrected chi connectivity index (χ4v) is 2.60. The summed E-state index contributed by atoms with van der Waals surface area (Å²) in [6.45, 7) is 7.13. The van der Waals surface area contributed by atoms with Gasteiger partial charge in [-0.1, -0.05) is 19.4 Å². The fourth-order valence-electron chi connectivity index (χ4n) is 2.60. The van der Waals surface area contributed by atoms with Crippen LogP contribution < -0.4 is 5.32 Å². The van der Waals surface area contributed by atoms with E-state index in [0.29, 0.717) is 6.54 Å². The molecule has 1 saturated heterocycles. The minimum Gasteiger partial charge on any atom is -0.480 e. The number of carboxylic acids is 1. The summed E-state index contributed by atoms with van der Waals surface area (Å²) in [5, 5.41) is 12.1. The second-order valence-corrected chi connectivity index (χ2v) is 4.83. The third kappa shape index (κ3) is 3.32. The van der Waals surface area contributed by atoms with Crippen molar-refractivity contribution in [3.05, 3.63) is 12.7 Å². The van der Waals surface area contributed by atoms with Crippen molar-refractivity contribution in [3.63, 3.8) is 0 Å². The second-order valence-electron chi connectivity index (χ2n) is 4.83. The van der Waals surface area contributed by atoms with Crippen LogP contribution in [0.5, 0.6) is 0 Å². The molecule has 0 spiro atoms. The highest BCUT2D eigenvalue weighted by molar-refractivity contribution is 5.86. The number of rotatable bonds is 7. The predicted molar refractivity (Wildman–Crippen MR) is 69.2 cm³/mol. The van der Waals surface area contributed by atoms with Gasteiger partial charge in [-0.15, -0.1) is 6.58 Å². The van der Waals surface area contributed by atoms with Crippen molar-refractivity contribution >= 4 is 11.9 Å². The van der Waals surface area contributed by atoms with Crippen molar-refractivity contribution in [1.82, 2.24) is 10.2 Å². The van der Waals surface area contributed by atoms with Crippen LogP contribution in [0.25, 0.3) is 0 Å². The summed E-state index contributed by atoms with van der Waals surface area (Å²) in [6.07, 6.45) is 4.07. The van der Waals surface area contributed by atoms with Gasteiger partial charge in [0.2, 0.25) is 5.91 Å². The maximum Gasteiger partial charge on any atom is 0.323 e. The Hall–Kier alpha value is -1.36. The monoisotopic (exact) mass is 254 g/mol. The summed E-state index contributed by atoms with van der Waals surface area (Å²) in [5.74, 6) is -1.04. The summed E-state index contributed by atoms with van der Waals surface area (Å²) in [6, 6.07) is 0. The van der Waals surface area contributed by atoms with Gasteiger partial charge in [-0.25, -0.2) is 0 Å². The zero-order valence-electron chi connectivity index (χ0n) is 10.9. The molecular formula is C13H22N2O3. The minimum absolute atomic E-state index is 0.0587. The first-order valence-corrected chi connectivity index (χ1v) is 6.38. The number of carboxylic acid groups (broad SMARTS) is 1. The lowest BCUT2D eigenvalue weighted by molar-refractivity contribution is -0.149. The van der Waals surface area contributed by atoms with E-state index >= 15 is 0 Å². The van der Waals surface area contributed by atoms with Gasteiger partial charge in [-0.3, -0.25) is 9.59 Å². The summed E-state index contributed by atoms with van der Waals surface area (Å²) in [4.78, 5) is 24.8. The van der Waals surface area contributed by atoms with Gasteiger partial charge in [0.1, 0.15) is 6.54 Å². The molecule has 18 heavy (non-hydrogen) atoms. The van der Waals surface area contributed by atoms with Gasteiger partial charge in [0.05, 0.1) is 5.41 Å². The molecular weight excluding hydrogens is 232 g/mol. The first kappa shape index (κ1) is 14.7. The van der Waals surface area contributed by atoms with E-state index in [9.17, 15) is 9.59 Å². The van der Waals surface area contributed by atoms with Crippen molar-refractivity contribution in [1.29, 1.82) is 0 Å². The van der Waals surface area contributed by atoms with Crippen LogP contribution in [0.3, 0.4) is 0 Å². The lowest BCUT2D eigenvalue weighted by Crippen LogP contribution is -2.47. The lowest BCUT2D eigenvalue weighted by atomic mass is 9.81. The quantitative estimate of drug-likeness (QED) is 0.661. The topological polar surface area (TPSA) is 69.6 Å². The average molecular weight is 254 g/mol. The van der Waals surface area contributed by atoms with Gasteiger partial charge in [0.25, 0.3) is 0 Å². The maximum atomic E-state index is 12.6. The molecule has 0 aromatic rings. The Morgan fingerprint density at radius 1 is 1.56 bits per heavy atom. The van der Waals surface area contributed by atoms with Gasteiger partial charge < -0.3 is 15.3 Å². The SMILES string of the molecule is C=CCN(CC(=O)O)C(=O)C1(CCC)CCNC1. The highest BCUT2D eigenvalue weighted by atomic mass is 16.4. The average Bonchev–Trinajstić information content (AvgIpc) is 2.77. The molecule has 1 atom stereocenters. The number of hydrogen-bond donors (Lipinski definition) is 2. The molecule has 0 aromatic carbocycles. The van der Waals surface area contributed by atoms with E-state index in [4.69, 9.17) is 5.11 Å². The van der Waals surface area contributed by atoms with Crippen LogP contribution >= 0.6 is 0 Å². The van der Waals surface area contributed by atoms with Crippen LogP contribution in [-0.4, -0.2) is 48.1 Å². The third-order valence-corrected chi connectivity index (χ3v) is 3.39. The highest BCUT2D eigenvalue weighted by Crippen LogP contribution is 2.33. The number of nitrogens with zero attached hydrogens (tertiary/aromatic N) is 1. The Kier molecular flexibility index (Phi) is 5.34. The number of aliphatic carboxylic acids is 1. The maximum absolute atomic E-state index is 12.6. The van der Waals surface area contributed by atoms with Gasteiger partial charge in [-0.2, -0.15) is 0 Å². The molecule has 1 fully saturated rings. The Morgan fingerprint density at radius 2 is 2.28 bits per heavy atom. The molecule has 1 aliphatic heterocycles. The molecule has 5 heteroatoms. The molecule has 1 amide bonds. The standard InChI is InChI=1S/C13H22N2O3/c1-3-5-13(6-7-14-10-13)12(18)15(8-4-2)9-11(16)17/h4,14H,2-3,5-10H2,1H3,(H,16,17). The molecule has 0 radical (unpaired) electrons. The van der Waals surface area contributed by atoms with Gasteiger partial charge in [0.15, 0.2) is 0 Å².